The van der Waals surface area contributed by atoms with Crippen molar-refractivity contribution in [2.45, 2.75) is 45.4 Å². The molecule has 1 unspecified atom stereocenters. The molecule has 1 aliphatic heterocycles. The van der Waals surface area contributed by atoms with Gasteiger partial charge in [-0.05, 0) is 33.6 Å². The fourth-order valence-corrected chi connectivity index (χ4v) is 1.73. The second kappa shape index (κ2) is 5.46. The molecule has 1 aliphatic rings. The molecule has 0 aromatic heterocycles. The zero-order valence-corrected chi connectivity index (χ0v) is 11.8. The summed E-state index contributed by atoms with van der Waals surface area (Å²) in [5, 5.41) is 2.81. The molecule has 104 valence electrons. The number of carbonyl (C=O) groups excluding carboxylic acids is 2. The highest BCUT2D eigenvalue weighted by molar-refractivity contribution is 5.75. The van der Waals surface area contributed by atoms with Crippen molar-refractivity contribution in [3.05, 3.63) is 0 Å². The number of nitrogens with zero attached hydrogens (tertiary/aromatic N) is 2. The Balaban J connectivity index is 2.59. The fraction of sp³-hybridized carbons (Fsp3) is 0.833. The van der Waals surface area contributed by atoms with E-state index in [0.29, 0.717) is 6.54 Å². The van der Waals surface area contributed by atoms with E-state index < -0.39 is 5.60 Å². The Kier molecular flexibility index (Phi) is 4.43. The third-order valence-electron chi connectivity index (χ3n) is 2.58. The van der Waals surface area contributed by atoms with E-state index in [9.17, 15) is 9.59 Å². The second-order valence-corrected chi connectivity index (χ2v) is 5.68. The van der Waals surface area contributed by atoms with Crippen LogP contribution >= 0.6 is 0 Å². The molecule has 3 amide bonds. The molecule has 1 N–H and O–H groups in total. The van der Waals surface area contributed by atoms with Crippen molar-refractivity contribution in [1.29, 1.82) is 0 Å². The number of likely N-dealkylation sites (tertiary alicyclic amines) is 1. The summed E-state index contributed by atoms with van der Waals surface area (Å²) in [6.45, 7) is 6.10. The van der Waals surface area contributed by atoms with Gasteiger partial charge in [-0.15, -0.1) is 0 Å². The van der Waals surface area contributed by atoms with Crippen LogP contribution < -0.4 is 5.32 Å². The maximum Gasteiger partial charge on any atom is 0.411 e. The van der Waals surface area contributed by atoms with Crippen LogP contribution in [0.4, 0.5) is 9.59 Å². The number of ether oxygens (including phenoxy) is 1. The molecule has 0 spiro atoms. The van der Waals surface area contributed by atoms with Gasteiger partial charge in [-0.25, -0.2) is 9.59 Å². The Bertz CT molecular complexity index is 323. The lowest BCUT2D eigenvalue weighted by Gasteiger charge is -2.29. The summed E-state index contributed by atoms with van der Waals surface area (Å²) in [5.74, 6) is 0. The molecule has 0 aliphatic carbocycles. The molecule has 6 heteroatoms. The van der Waals surface area contributed by atoms with E-state index in [1.54, 1.807) is 19.0 Å². The van der Waals surface area contributed by atoms with E-state index in [0.717, 1.165) is 12.8 Å². The molecule has 0 aromatic carbocycles. The molecule has 0 radical (unpaired) electrons. The van der Waals surface area contributed by atoms with Gasteiger partial charge < -0.3 is 15.0 Å². The summed E-state index contributed by atoms with van der Waals surface area (Å²) >= 11 is 0. The van der Waals surface area contributed by atoms with Gasteiger partial charge in [0.2, 0.25) is 0 Å². The van der Waals surface area contributed by atoms with E-state index in [1.807, 2.05) is 20.8 Å². The molecule has 0 saturated carbocycles. The molecule has 0 aromatic rings. The van der Waals surface area contributed by atoms with Crippen molar-refractivity contribution in [2.75, 3.05) is 20.6 Å². The van der Waals surface area contributed by atoms with E-state index in [1.165, 1.54) is 4.90 Å². The predicted molar refractivity (Wildman–Crippen MR) is 68.2 cm³/mol. The largest absolute Gasteiger partial charge is 0.444 e. The first-order valence-corrected chi connectivity index (χ1v) is 6.18. The highest BCUT2D eigenvalue weighted by Gasteiger charge is 2.33. The van der Waals surface area contributed by atoms with Crippen molar-refractivity contribution in [2.24, 2.45) is 0 Å². The van der Waals surface area contributed by atoms with Crippen LogP contribution in [0.1, 0.15) is 33.6 Å². The Labute approximate surface area is 108 Å². The topological polar surface area (TPSA) is 61.9 Å². The average Bonchev–Trinajstić information content (AvgIpc) is 2.62. The first-order chi connectivity index (χ1) is 8.20. The zero-order chi connectivity index (χ0) is 13.9. The van der Waals surface area contributed by atoms with Gasteiger partial charge in [0.1, 0.15) is 11.8 Å². The molecule has 1 saturated heterocycles. The van der Waals surface area contributed by atoms with E-state index >= 15 is 0 Å². The quantitative estimate of drug-likeness (QED) is 0.776. The maximum atomic E-state index is 12.0. The number of nitrogens with one attached hydrogen (secondary N) is 1. The lowest BCUT2D eigenvalue weighted by molar-refractivity contribution is 0.0208. The molecule has 1 heterocycles. The lowest BCUT2D eigenvalue weighted by Crippen LogP contribution is -2.50. The number of hydrogen-bond acceptors (Lipinski definition) is 3. The van der Waals surface area contributed by atoms with Crippen LogP contribution in [0.2, 0.25) is 0 Å². The van der Waals surface area contributed by atoms with Crippen molar-refractivity contribution < 1.29 is 14.3 Å². The molecule has 1 atom stereocenters. The van der Waals surface area contributed by atoms with Crippen LogP contribution in [0, 0.1) is 0 Å². The standard InChI is InChI=1S/C12H23N3O3/c1-12(2,3)18-11(17)15-8-6-7-9(15)13-10(16)14(4)5/h9H,6-8H2,1-5H3,(H,13,16). The predicted octanol–water partition coefficient (Wildman–Crippen LogP) is 1.61. The normalized spacial score (nSPS) is 19.6. The number of urea groups is 1. The fourth-order valence-electron chi connectivity index (χ4n) is 1.73. The minimum Gasteiger partial charge on any atom is -0.444 e. The van der Waals surface area contributed by atoms with Crippen molar-refractivity contribution in [1.82, 2.24) is 15.1 Å². The second-order valence-electron chi connectivity index (χ2n) is 5.68. The summed E-state index contributed by atoms with van der Waals surface area (Å²) < 4.78 is 5.32. The Morgan fingerprint density at radius 2 is 1.94 bits per heavy atom. The third-order valence-corrected chi connectivity index (χ3v) is 2.58. The van der Waals surface area contributed by atoms with Crippen molar-refractivity contribution in [3.8, 4) is 0 Å². The highest BCUT2D eigenvalue weighted by atomic mass is 16.6. The van der Waals surface area contributed by atoms with Gasteiger partial charge in [-0.1, -0.05) is 0 Å². The number of carbonyl (C=O) groups is 2. The lowest BCUT2D eigenvalue weighted by atomic mass is 10.2. The van der Waals surface area contributed by atoms with Gasteiger partial charge in [0.05, 0.1) is 0 Å². The third kappa shape index (κ3) is 4.09. The summed E-state index contributed by atoms with van der Waals surface area (Å²) in [7, 11) is 3.34. The van der Waals surface area contributed by atoms with Crippen molar-refractivity contribution >= 4 is 12.1 Å². The summed E-state index contributed by atoms with van der Waals surface area (Å²) in [4.78, 5) is 26.6. The summed E-state index contributed by atoms with van der Waals surface area (Å²) in [5.41, 5.74) is -0.518. The van der Waals surface area contributed by atoms with E-state index in [-0.39, 0.29) is 18.3 Å². The minimum absolute atomic E-state index is 0.199. The summed E-state index contributed by atoms with van der Waals surface area (Å²) in [6, 6.07) is -0.199. The van der Waals surface area contributed by atoms with Crippen LogP contribution in [0.3, 0.4) is 0 Å². The Morgan fingerprint density at radius 1 is 1.33 bits per heavy atom. The van der Waals surface area contributed by atoms with Crippen LogP contribution in [0.15, 0.2) is 0 Å². The van der Waals surface area contributed by atoms with Gasteiger partial charge in [0.25, 0.3) is 0 Å². The van der Waals surface area contributed by atoms with Crippen LogP contribution in [0.25, 0.3) is 0 Å². The van der Waals surface area contributed by atoms with E-state index in [4.69, 9.17) is 4.74 Å². The molecule has 1 fully saturated rings. The first kappa shape index (κ1) is 14.6. The van der Waals surface area contributed by atoms with Gasteiger partial charge >= 0.3 is 12.1 Å². The average molecular weight is 257 g/mol. The molecule has 0 bridgehead atoms. The van der Waals surface area contributed by atoms with Gasteiger partial charge in [0.15, 0.2) is 0 Å². The van der Waals surface area contributed by atoms with Crippen LogP contribution in [-0.4, -0.2) is 54.3 Å². The maximum absolute atomic E-state index is 12.0. The number of amides is 3. The molecule has 18 heavy (non-hydrogen) atoms. The highest BCUT2D eigenvalue weighted by Crippen LogP contribution is 2.19. The SMILES string of the molecule is CN(C)C(=O)NC1CCCN1C(=O)OC(C)(C)C. The van der Waals surface area contributed by atoms with Gasteiger partial charge in [-0.3, -0.25) is 4.90 Å². The smallest absolute Gasteiger partial charge is 0.411 e. The Hall–Kier alpha value is -1.46. The molecule has 6 nitrogen and oxygen atoms in total. The van der Waals surface area contributed by atoms with Crippen molar-refractivity contribution in [3.63, 3.8) is 0 Å². The van der Waals surface area contributed by atoms with Gasteiger partial charge in [-0.2, -0.15) is 0 Å². The molecule has 1 rings (SSSR count). The zero-order valence-electron chi connectivity index (χ0n) is 11.8. The monoisotopic (exact) mass is 257 g/mol. The number of hydrogen-bond donors (Lipinski definition) is 1. The van der Waals surface area contributed by atoms with Crippen LogP contribution in [-0.2, 0) is 4.74 Å². The van der Waals surface area contributed by atoms with Crippen LogP contribution in [0.5, 0.6) is 0 Å². The Morgan fingerprint density at radius 3 is 2.44 bits per heavy atom. The van der Waals surface area contributed by atoms with E-state index in [2.05, 4.69) is 5.32 Å². The summed E-state index contributed by atoms with van der Waals surface area (Å²) in [6.07, 6.45) is 0.995. The molecular weight excluding hydrogens is 234 g/mol. The first-order valence-electron chi connectivity index (χ1n) is 6.18. The number of rotatable bonds is 1. The minimum atomic E-state index is -0.518. The van der Waals surface area contributed by atoms with Gasteiger partial charge in [0, 0.05) is 20.6 Å². The molecular formula is C12H23N3O3.